The van der Waals surface area contributed by atoms with Crippen molar-refractivity contribution >= 4 is 34.2 Å². The SMILES string of the molecule is Cl.NCC1CCCN1C(=O)CCCCCN=C1NS(=O)(=O)c2ccccc21. The van der Waals surface area contributed by atoms with Crippen molar-refractivity contribution in [3.63, 3.8) is 0 Å². The van der Waals surface area contributed by atoms with Crippen LogP contribution in [0.4, 0.5) is 0 Å². The predicted octanol–water partition coefficient (Wildman–Crippen LogP) is 1.66. The number of benzene rings is 1. The lowest BCUT2D eigenvalue weighted by atomic mass is 10.1. The van der Waals surface area contributed by atoms with Crippen LogP contribution >= 0.6 is 12.4 Å². The normalized spacial score (nSPS) is 21.6. The zero-order valence-corrected chi connectivity index (χ0v) is 16.9. The molecule has 1 aromatic carbocycles. The molecule has 2 aliphatic heterocycles. The smallest absolute Gasteiger partial charge is 0.263 e. The Bertz CT molecular complexity index is 798. The standard InChI is InChI=1S/C18H26N4O3S.ClH/c19-13-14-7-6-12-22(14)17(23)10-2-1-5-11-20-18-15-8-3-4-9-16(15)26(24,25)21-18;/h3-4,8-9,14H,1-2,5-7,10-13,19H2,(H,20,21);1H. The first-order chi connectivity index (χ1) is 12.5. The van der Waals surface area contributed by atoms with Crippen LogP contribution in [0.5, 0.6) is 0 Å². The summed E-state index contributed by atoms with van der Waals surface area (Å²) in [6.45, 7) is 1.91. The lowest BCUT2D eigenvalue weighted by Crippen LogP contribution is -2.39. The second kappa shape index (κ2) is 9.52. The third kappa shape index (κ3) is 5.00. The molecular weight excluding hydrogens is 388 g/mol. The van der Waals surface area contributed by atoms with Crippen LogP contribution in [0.2, 0.25) is 0 Å². The van der Waals surface area contributed by atoms with Gasteiger partial charge in [-0.1, -0.05) is 18.6 Å². The quantitative estimate of drug-likeness (QED) is 0.662. The highest BCUT2D eigenvalue weighted by Crippen LogP contribution is 2.22. The first-order valence-corrected chi connectivity index (χ1v) is 10.7. The number of nitrogens with zero attached hydrogens (tertiary/aromatic N) is 2. The first-order valence-electron chi connectivity index (χ1n) is 9.19. The summed E-state index contributed by atoms with van der Waals surface area (Å²) in [5.41, 5.74) is 6.34. The number of carbonyl (C=O) groups excluding carboxylic acids is 1. The Morgan fingerprint density at radius 1 is 1.26 bits per heavy atom. The monoisotopic (exact) mass is 414 g/mol. The van der Waals surface area contributed by atoms with Gasteiger partial charge in [0.05, 0.1) is 4.90 Å². The lowest BCUT2D eigenvalue weighted by molar-refractivity contribution is -0.132. The van der Waals surface area contributed by atoms with Gasteiger partial charge < -0.3 is 10.6 Å². The number of carbonyl (C=O) groups is 1. The molecule has 1 atom stereocenters. The van der Waals surface area contributed by atoms with Crippen LogP contribution in [0.15, 0.2) is 34.2 Å². The topological polar surface area (TPSA) is 105 Å². The third-order valence-electron chi connectivity index (χ3n) is 4.95. The average Bonchev–Trinajstić information content (AvgIpc) is 3.21. The maximum Gasteiger partial charge on any atom is 0.263 e. The number of aliphatic imine (C=N–C) groups is 1. The van der Waals surface area contributed by atoms with Gasteiger partial charge in [-0.25, -0.2) is 8.42 Å². The average molecular weight is 415 g/mol. The molecular formula is C18H27ClN4O3S. The molecule has 0 aliphatic carbocycles. The van der Waals surface area contributed by atoms with E-state index in [2.05, 4.69) is 9.71 Å². The molecule has 0 saturated carbocycles. The van der Waals surface area contributed by atoms with Crippen LogP contribution in [0, 0.1) is 0 Å². The second-order valence-corrected chi connectivity index (χ2v) is 8.41. The van der Waals surface area contributed by atoms with Crippen molar-refractivity contribution in [2.24, 2.45) is 10.7 Å². The Morgan fingerprint density at radius 2 is 2.04 bits per heavy atom. The van der Waals surface area contributed by atoms with E-state index in [0.29, 0.717) is 30.9 Å². The number of amidine groups is 1. The molecule has 0 radical (unpaired) electrons. The number of likely N-dealkylation sites (tertiary alicyclic amines) is 1. The van der Waals surface area contributed by atoms with E-state index in [-0.39, 0.29) is 29.3 Å². The van der Waals surface area contributed by atoms with Crippen molar-refractivity contribution < 1.29 is 13.2 Å². The zero-order chi connectivity index (χ0) is 18.6. The maximum atomic E-state index is 12.2. The minimum atomic E-state index is -3.47. The fourth-order valence-corrected chi connectivity index (χ4v) is 4.81. The minimum absolute atomic E-state index is 0. The Morgan fingerprint density at radius 3 is 2.81 bits per heavy atom. The molecule has 0 spiro atoms. The maximum absolute atomic E-state index is 12.2. The number of hydrogen-bond donors (Lipinski definition) is 2. The zero-order valence-electron chi connectivity index (χ0n) is 15.3. The van der Waals surface area contributed by atoms with E-state index in [4.69, 9.17) is 5.73 Å². The molecule has 9 heteroatoms. The summed E-state index contributed by atoms with van der Waals surface area (Å²) in [6.07, 6.45) is 5.13. The number of nitrogens with one attached hydrogen (secondary N) is 1. The van der Waals surface area contributed by atoms with Crippen LogP contribution in [0.1, 0.15) is 44.1 Å². The molecule has 7 nitrogen and oxygen atoms in total. The number of amides is 1. The van der Waals surface area contributed by atoms with Crippen LogP contribution in [-0.4, -0.2) is 50.7 Å². The lowest BCUT2D eigenvalue weighted by Gasteiger charge is -2.23. The molecule has 1 aromatic rings. The largest absolute Gasteiger partial charge is 0.338 e. The molecule has 27 heavy (non-hydrogen) atoms. The summed E-state index contributed by atoms with van der Waals surface area (Å²) >= 11 is 0. The van der Waals surface area contributed by atoms with Crippen molar-refractivity contribution in [3.8, 4) is 0 Å². The fraction of sp³-hybridized carbons (Fsp3) is 0.556. The van der Waals surface area contributed by atoms with Gasteiger partial charge in [-0.3, -0.25) is 14.5 Å². The number of unbranched alkanes of at least 4 members (excludes halogenated alkanes) is 2. The number of hydrogen-bond acceptors (Lipinski definition) is 5. The van der Waals surface area contributed by atoms with Crippen molar-refractivity contribution in [2.75, 3.05) is 19.6 Å². The third-order valence-corrected chi connectivity index (χ3v) is 6.35. The molecule has 3 N–H and O–H groups in total. The van der Waals surface area contributed by atoms with E-state index in [0.717, 1.165) is 38.6 Å². The van der Waals surface area contributed by atoms with E-state index in [1.54, 1.807) is 24.3 Å². The van der Waals surface area contributed by atoms with Gasteiger partial charge in [0.15, 0.2) is 0 Å². The summed E-state index contributed by atoms with van der Waals surface area (Å²) in [5, 5.41) is 0. The first kappa shape index (κ1) is 21.7. The van der Waals surface area contributed by atoms with Crippen molar-refractivity contribution in [1.82, 2.24) is 9.62 Å². The molecule has 2 aliphatic rings. The highest BCUT2D eigenvalue weighted by Gasteiger charge is 2.30. The molecule has 1 fully saturated rings. The number of sulfonamides is 1. The molecule has 0 bridgehead atoms. The molecule has 1 amide bonds. The molecule has 1 saturated heterocycles. The van der Waals surface area contributed by atoms with Gasteiger partial charge >= 0.3 is 0 Å². The summed E-state index contributed by atoms with van der Waals surface area (Å²) in [6, 6.07) is 7.06. The molecule has 0 aromatic heterocycles. The van der Waals surface area contributed by atoms with Crippen molar-refractivity contribution in [3.05, 3.63) is 29.8 Å². The van der Waals surface area contributed by atoms with E-state index < -0.39 is 10.0 Å². The Balaban J connectivity index is 0.00000261. The van der Waals surface area contributed by atoms with E-state index in [1.807, 2.05) is 4.90 Å². The van der Waals surface area contributed by atoms with Crippen LogP contribution in [0.25, 0.3) is 0 Å². The molecule has 3 rings (SSSR count). The van der Waals surface area contributed by atoms with Gasteiger partial charge in [-0.15, -0.1) is 12.4 Å². The van der Waals surface area contributed by atoms with Gasteiger partial charge in [0.2, 0.25) is 5.91 Å². The van der Waals surface area contributed by atoms with E-state index >= 15 is 0 Å². The molecule has 150 valence electrons. The number of halogens is 1. The summed E-state index contributed by atoms with van der Waals surface area (Å²) < 4.78 is 26.5. The van der Waals surface area contributed by atoms with Crippen LogP contribution in [0.3, 0.4) is 0 Å². The highest BCUT2D eigenvalue weighted by molar-refractivity contribution is 7.90. The number of rotatable bonds is 7. The number of nitrogens with two attached hydrogens (primary N) is 1. The predicted molar refractivity (Wildman–Crippen MR) is 108 cm³/mol. The Hall–Kier alpha value is -1.64. The summed E-state index contributed by atoms with van der Waals surface area (Å²) in [5.74, 6) is 0.612. The van der Waals surface area contributed by atoms with Crippen molar-refractivity contribution in [2.45, 2.75) is 49.5 Å². The van der Waals surface area contributed by atoms with E-state index in [1.165, 1.54) is 0 Å². The molecule has 1 unspecified atom stereocenters. The fourth-order valence-electron chi connectivity index (χ4n) is 3.56. The number of fused-ring (bicyclic) bond motifs is 1. The van der Waals surface area contributed by atoms with Gasteiger partial charge in [0.25, 0.3) is 10.0 Å². The second-order valence-electron chi connectivity index (χ2n) is 6.76. The Kier molecular flexibility index (Phi) is 7.64. The minimum Gasteiger partial charge on any atom is -0.338 e. The van der Waals surface area contributed by atoms with Gasteiger partial charge in [0.1, 0.15) is 5.84 Å². The van der Waals surface area contributed by atoms with Crippen LogP contribution in [-0.2, 0) is 14.8 Å². The highest BCUT2D eigenvalue weighted by atomic mass is 35.5. The summed E-state index contributed by atoms with van der Waals surface area (Å²) in [4.78, 5) is 18.8. The van der Waals surface area contributed by atoms with Gasteiger partial charge in [-0.2, -0.15) is 0 Å². The van der Waals surface area contributed by atoms with E-state index in [9.17, 15) is 13.2 Å². The molecule has 2 heterocycles. The summed E-state index contributed by atoms with van der Waals surface area (Å²) in [7, 11) is -3.47. The van der Waals surface area contributed by atoms with Gasteiger partial charge in [-0.05, 0) is 37.8 Å². The Labute approximate surface area is 166 Å². The van der Waals surface area contributed by atoms with Gasteiger partial charge in [0, 0.05) is 37.7 Å². The van der Waals surface area contributed by atoms with Crippen molar-refractivity contribution in [1.29, 1.82) is 0 Å². The van der Waals surface area contributed by atoms with Crippen LogP contribution < -0.4 is 10.5 Å².